The van der Waals surface area contributed by atoms with Crippen molar-refractivity contribution in [3.05, 3.63) is 82.3 Å². The van der Waals surface area contributed by atoms with Gasteiger partial charge in [0.15, 0.2) is 0 Å². The van der Waals surface area contributed by atoms with E-state index in [9.17, 15) is 4.79 Å². The quantitative estimate of drug-likeness (QED) is 0.530. The molecule has 1 amide bonds. The third kappa shape index (κ3) is 3.02. The van der Waals surface area contributed by atoms with Gasteiger partial charge in [-0.1, -0.05) is 12.1 Å². The summed E-state index contributed by atoms with van der Waals surface area (Å²) in [6.07, 6.45) is 1.81. The molecule has 0 aliphatic heterocycles. The van der Waals surface area contributed by atoms with Gasteiger partial charge >= 0.3 is 0 Å². The number of aryl methyl sites for hydroxylation is 1. The summed E-state index contributed by atoms with van der Waals surface area (Å²) in [5, 5.41) is 2.06. The first-order valence-corrected chi connectivity index (χ1v) is 9.32. The van der Waals surface area contributed by atoms with E-state index in [0.717, 1.165) is 16.7 Å². The van der Waals surface area contributed by atoms with Crippen molar-refractivity contribution in [2.24, 2.45) is 0 Å². The number of hydrogen-bond donors (Lipinski definition) is 0. The molecular weight excluding hydrogens is 342 g/mol. The molecule has 130 valence electrons. The van der Waals surface area contributed by atoms with E-state index in [1.54, 1.807) is 16.2 Å². The van der Waals surface area contributed by atoms with Gasteiger partial charge in [0.05, 0.1) is 17.6 Å². The molecule has 0 saturated carbocycles. The lowest BCUT2D eigenvalue weighted by Gasteiger charge is -2.17. The Balaban J connectivity index is 1.55. The lowest BCUT2D eigenvalue weighted by atomic mass is 10.1. The Morgan fingerprint density at radius 2 is 1.88 bits per heavy atom. The Bertz CT molecular complexity index is 1060. The standard InChI is InChI=1S/C21H19N3OS/c1-15-11-12-26-20(15)13-23(2)21(25)16-7-9-17(10-8-16)24-14-22-18-5-3-4-6-19(18)24/h3-12,14H,13H2,1-2H3. The number of aromatic nitrogens is 2. The minimum atomic E-state index is 0.0276. The molecule has 26 heavy (non-hydrogen) atoms. The van der Waals surface area contributed by atoms with E-state index < -0.39 is 0 Å². The van der Waals surface area contributed by atoms with Crippen LogP contribution in [0.15, 0.2) is 66.3 Å². The first-order chi connectivity index (χ1) is 12.6. The summed E-state index contributed by atoms with van der Waals surface area (Å²) in [7, 11) is 1.85. The Morgan fingerprint density at radius 3 is 2.62 bits per heavy atom. The van der Waals surface area contributed by atoms with E-state index in [4.69, 9.17) is 0 Å². The van der Waals surface area contributed by atoms with Crippen LogP contribution < -0.4 is 0 Å². The van der Waals surface area contributed by atoms with E-state index >= 15 is 0 Å². The molecule has 4 nitrogen and oxygen atoms in total. The summed E-state index contributed by atoms with van der Waals surface area (Å²) in [6.45, 7) is 2.71. The van der Waals surface area contributed by atoms with Crippen molar-refractivity contribution in [2.75, 3.05) is 7.05 Å². The van der Waals surface area contributed by atoms with Crippen molar-refractivity contribution in [3.63, 3.8) is 0 Å². The maximum absolute atomic E-state index is 12.7. The molecule has 0 N–H and O–H groups in total. The van der Waals surface area contributed by atoms with E-state index in [2.05, 4.69) is 23.4 Å². The predicted octanol–water partition coefficient (Wildman–Crippen LogP) is 4.67. The molecule has 2 aromatic heterocycles. The van der Waals surface area contributed by atoms with Crippen molar-refractivity contribution in [2.45, 2.75) is 13.5 Å². The fourth-order valence-corrected chi connectivity index (χ4v) is 3.96. The number of carbonyl (C=O) groups excluding carboxylic acids is 1. The van der Waals surface area contributed by atoms with E-state index in [1.807, 2.05) is 66.5 Å². The van der Waals surface area contributed by atoms with E-state index in [-0.39, 0.29) is 5.91 Å². The van der Waals surface area contributed by atoms with Gasteiger partial charge in [0.2, 0.25) is 0 Å². The predicted molar refractivity (Wildman–Crippen MR) is 106 cm³/mol. The topological polar surface area (TPSA) is 38.1 Å². The molecule has 4 aromatic rings. The lowest BCUT2D eigenvalue weighted by molar-refractivity contribution is 0.0786. The summed E-state index contributed by atoms with van der Waals surface area (Å²) in [5.41, 5.74) is 4.93. The molecule has 0 aliphatic carbocycles. The van der Waals surface area contributed by atoms with Gasteiger partial charge in [-0.2, -0.15) is 0 Å². The molecule has 0 spiro atoms. The van der Waals surface area contributed by atoms with Crippen LogP contribution in [0.1, 0.15) is 20.8 Å². The minimum absolute atomic E-state index is 0.0276. The monoisotopic (exact) mass is 361 g/mol. The number of amides is 1. The normalized spacial score (nSPS) is 11.0. The number of thiophene rings is 1. The second-order valence-corrected chi connectivity index (χ2v) is 7.34. The molecule has 0 saturated heterocycles. The van der Waals surface area contributed by atoms with Gasteiger partial charge < -0.3 is 4.90 Å². The number of hydrogen-bond acceptors (Lipinski definition) is 3. The lowest BCUT2D eigenvalue weighted by Crippen LogP contribution is -2.26. The minimum Gasteiger partial charge on any atom is -0.337 e. The first kappa shape index (κ1) is 16.5. The van der Waals surface area contributed by atoms with Crippen LogP contribution in [0.3, 0.4) is 0 Å². The van der Waals surface area contributed by atoms with Gasteiger partial charge in [-0.3, -0.25) is 9.36 Å². The summed E-state index contributed by atoms with van der Waals surface area (Å²) >= 11 is 1.69. The second kappa shape index (κ2) is 6.77. The largest absolute Gasteiger partial charge is 0.337 e. The molecule has 5 heteroatoms. The van der Waals surface area contributed by atoms with Gasteiger partial charge in [-0.05, 0) is 60.3 Å². The zero-order valence-electron chi connectivity index (χ0n) is 14.7. The number of benzene rings is 2. The molecule has 2 heterocycles. The second-order valence-electron chi connectivity index (χ2n) is 6.34. The third-order valence-electron chi connectivity index (χ3n) is 4.54. The van der Waals surface area contributed by atoms with Crippen LogP contribution in [0, 0.1) is 6.92 Å². The molecule has 0 radical (unpaired) electrons. The maximum Gasteiger partial charge on any atom is 0.253 e. The maximum atomic E-state index is 12.7. The summed E-state index contributed by atoms with van der Waals surface area (Å²) in [4.78, 5) is 20.1. The highest BCUT2D eigenvalue weighted by atomic mass is 32.1. The van der Waals surface area contributed by atoms with Crippen LogP contribution in [0.4, 0.5) is 0 Å². The number of nitrogens with zero attached hydrogens (tertiary/aromatic N) is 3. The van der Waals surface area contributed by atoms with Crippen LogP contribution in [-0.2, 0) is 6.54 Å². The van der Waals surface area contributed by atoms with Crippen LogP contribution in [0.25, 0.3) is 16.7 Å². The molecule has 0 atom stereocenters. The number of rotatable bonds is 4. The first-order valence-electron chi connectivity index (χ1n) is 8.44. The van der Waals surface area contributed by atoms with Crippen molar-refractivity contribution >= 4 is 28.3 Å². The van der Waals surface area contributed by atoms with Crippen LogP contribution in [-0.4, -0.2) is 27.4 Å². The van der Waals surface area contributed by atoms with Crippen molar-refractivity contribution in [1.29, 1.82) is 0 Å². The molecule has 0 aliphatic rings. The van der Waals surface area contributed by atoms with Crippen molar-refractivity contribution in [1.82, 2.24) is 14.5 Å². The van der Waals surface area contributed by atoms with Crippen LogP contribution in [0.2, 0.25) is 0 Å². The highest BCUT2D eigenvalue weighted by Crippen LogP contribution is 2.20. The summed E-state index contributed by atoms with van der Waals surface area (Å²) in [5.74, 6) is 0.0276. The van der Waals surface area contributed by atoms with Crippen molar-refractivity contribution in [3.8, 4) is 5.69 Å². The zero-order valence-corrected chi connectivity index (χ0v) is 15.5. The molecule has 2 aromatic carbocycles. The SMILES string of the molecule is Cc1ccsc1CN(C)C(=O)c1ccc(-n2cnc3ccccc32)cc1. The van der Waals surface area contributed by atoms with E-state index in [0.29, 0.717) is 12.1 Å². The number of carbonyl (C=O) groups is 1. The number of imidazole rings is 1. The third-order valence-corrected chi connectivity index (χ3v) is 5.55. The van der Waals surface area contributed by atoms with Gasteiger partial charge in [-0.15, -0.1) is 11.3 Å². The highest BCUT2D eigenvalue weighted by Gasteiger charge is 2.14. The van der Waals surface area contributed by atoms with Crippen molar-refractivity contribution < 1.29 is 4.79 Å². The fraction of sp³-hybridized carbons (Fsp3) is 0.143. The smallest absolute Gasteiger partial charge is 0.253 e. The van der Waals surface area contributed by atoms with Gasteiger partial charge in [0, 0.05) is 23.2 Å². The number of fused-ring (bicyclic) bond motifs is 1. The molecule has 0 fully saturated rings. The highest BCUT2D eigenvalue weighted by molar-refractivity contribution is 7.10. The zero-order chi connectivity index (χ0) is 18.1. The Morgan fingerprint density at radius 1 is 1.12 bits per heavy atom. The Kier molecular flexibility index (Phi) is 4.31. The summed E-state index contributed by atoms with van der Waals surface area (Å²) < 4.78 is 2.03. The average molecular weight is 361 g/mol. The van der Waals surface area contributed by atoms with Gasteiger partial charge in [0.25, 0.3) is 5.91 Å². The Hall–Kier alpha value is -2.92. The molecule has 0 bridgehead atoms. The Labute approximate surface area is 156 Å². The molecule has 4 rings (SSSR count). The van der Waals surface area contributed by atoms with Crippen LogP contribution in [0.5, 0.6) is 0 Å². The summed E-state index contributed by atoms with van der Waals surface area (Å²) in [6, 6.07) is 17.8. The molecular formula is C21H19N3OS. The number of para-hydroxylation sites is 2. The fourth-order valence-electron chi connectivity index (χ4n) is 3.00. The van der Waals surface area contributed by atoms with E-state index in [1.165, 1.54) is 10.4 Å². The molecule has 0 unspecified atom stereocenters. The van der Waals surface area contributed by atoms with Gasteiger partial charge in [-0.25, -0.2) is 4.98 Å². The van der Waals surface area contributed by atoms with Gasteiger partial charge in [0.1, 0.15) is 6.33 Å². The van der Waals surface area contributed by atoms with Crippen LogP contribution >= 0.6 is 11.3 Å². The average Bonchev–Trinajstić information content (AvgIpc) is 3.28.